The van der Waals surface area contributed by atoms with Crippen molar-refractivity contribution in [3.05, 3.63) is 89.1 Å². The molecule has 0 radical (unpaired) electrons. The smallest absolute Gasteiger partial charge is 0.288 e. The van der Waals surface area contributed by atoms with Gasteiger partial charge in [-0.1, -0.05) is 48.5 Å². The van der Waals surface area contributed by atoms with E-state index >= 15 is 0 Å². The topological polar surface area (TPSA) is 171 Å². The van der Waals surface area contributed by atoms with Gasteiger partial charge in [0.25, 0.3) is 11.9 Å². The Morgan fingerprint density at radius 2 is 1.85 bits per heavy atom. The zero-order valence-electron chi connectivity index (χ0n) is 21.5. The molecule has 3 N–H and O–H groups in total. The molecule has 1 atom stereocenters. The van der Waals surface area contributed by atoms with Gasteiger partial charge in [0.05, 0.1) is 35.2 Å². The Hall–Kier alpha value is -4.62. The number of para-hydroxylation sites is 1. The first-order valence-corrected chi connectivity index (χ1v) is 14.2. The van der Waals surface area contributed by atoms with Crippen molar-refractivity contribution in [3.8, 4) is 0 Å². The standard InChI is InChI=1S/C27H26N7O5S/c1-40(36,37)18-15-21(34-11-13-38-14-12-34)23(30-16-18)24(28)39-27(29)33-25-26(35)31-20-10-6-5-9-19(20)22(32-25)17-7-3-2-4-8-17/h2-10,15-16,25H,11-14H2,1H3,(H2,29,33)(H,31,35)/q-1/t25-/m1/s1. The van der Waals surface area contributed by atoms with Crippen LogP contribution in [0, 0.1) is 0 Å². The molecule has 3 heterocycles. The molecule has 206 valence electrons. The third-order valence-corrected chi connectivity index (χ3v) is 7.33. The number of amides is 1. The molecule has 0 spiro atoms. The maximum absolute atomic E-state index is 13.0. The van der Waals surface area contributed by atoms with Crippen LogP contribution < -0.4 is 16.0 Å². The summed E-state index contributed by atoms with van der Waals surface area (Å²) in [4.78, 5) is 27.7. The lowest BCUT2D eigenvalue weighted by atomic mass is 10.0. The largest absolute Gasteiger partial charge is 0.769 e. The number of sulfone groups is 1. The summed E-state index contributed by atoms with van der Waals surface area (Å²) in [6, 6.07) is 17.4. The number of fused-ring (bicyclic) bond motifs is 1. The van der Waals surface area contributed by atoms with Crippen LogP contribution in [0.25, 0.3) is 5.41 Å². The Morgan fingerprint density at radius 1 is 1.15 bits per heavy atom. The van der Waals surface area contributed by atoms with Crippen LogP contribution in [0.15, 0.2) is 81.7 Å². The van der Waals surface area contributed by atoms with Crippen LogP contribution in [0.4, 0.5) is 11.4 Å². The number of amidine groups is 1. The van der Waals surface area contributed by atoms with Gasteiger partial charge in [0.1, 0.15) is 5.69 Å². The van der Waals surface area contributed by atoms with Crippen LogP contribution in [0.3, 0.4) is 0 Å². The molecule has 2 aliphatic rings. The number of benzene rings is 2. The summed E-state index contributed by atoms with van der Waals surface area (Å²) >= 11 is 0. The summed E-state index contributed by atoms with van der Waals surface area (Å²) in [5.74, 6) is -1.26. The van der Waals surface area contributed by atoms with Crippen molar-refractivity contribution in [2.45, 2.75) is 11.1 Å². The number of anilines is 2. The van der Waals surface area contributed by atoms with E-state index in [1.807, 2.05) is 47.4 Å². The van der Waals surface area contributed by atoms with Gasteiger partial charge in [0.2, 0.25) is 6.17 Å². The number of aliphatic imine (C=N–C) groups is 2. The molecule has 2 aliphatic heterocycles. The molecule has 0 saturated carbocycles. The number of benzodiazepines with no additional fused rings is 1. The maximum atomic E-state index is 13.0. The summed E-state index contributed by atoms with van der Waals surface area (Å²) in [6.07, 6.45) is 0.862. The lowest BCUT2D eigenvalue weighted by molar-refractivity contribution is -0.117. The normalized spacial score (nSPS) is 17.8. The quantitative estimate of drug-likeness (QED) is 0.351. The number of aromatic nitrogens is 1. The predicted octanol–water partition coefficient (Wildman–Crippen LogP) is 1.78. The van der Waals surface area contributed by atoms with E-state index in [0.717, 1.165) is 18.0 Å². The lowest BCUT2D eigenvalue weighted by Gasteiger charge is -2.31. The van der Waals surface area contributed by atoms with E-state index in [-0.39, 0.29) is 10.6 Å². The SMILES string of the molecule is CS(=O)(=O)c1cnc(C(=[N-])O/C(N)=N/[C@H]2N=C(c3ccccc3)c3ccccc3NC2=O)c(N2CCOCC2)c1. The Kier molecular flexibility index (Phi) is 7.58. The molecule has 0 aliphatic carbocycles. The van der Waals surface area contributed by atoms with Gasteiger partial charge in [0, 0.05) is 42.6 Å². The zero-order chi connectivity index (χ0) is 28.3. The predicted molar refractivity (Wildman–Crippen MR) is 151 cm³/mol. The molecular weight excluding hydrogens is 534 g/mol. The second-order valence-electron chi connectivity index (χ2n) is 9.04. The molecule has 13 heteroatoms. The third kappa shape index (κ3) is 5.84. The first-order valence-electron chi connectivity index (χ1n) is 12.3. The van der Waals surface area contributed by atoms with Crippen LogP contribution >= 0.6 is 0 Å². The van der Waals surface area contributed by atoms with E-state index in [0.29, 0.717) is 49.0 Å². The van der Waals surface area contributed by atoms with E-state index in [1.54, 1.807) is 12.1 Å². The average Bonchev–Trinajstić information content (AvgIpc) is 3.09. The Morgan fingerprint density at radius 3 is 2.58 bits per heavy atom. The van der Waals surface area contributed by atoms with E-state index in [2.05, 4.69) is 20.3 Å². The number of pyridine rings is 1. The van der Waals surface area contributed by atoms with Crippen LogP contribution in [-0.2, 0) is 24.1 Å². The molecule has 1 amide bonds. The first kappa shape index (κ1) is 27.0. The third-order valence-electron chi connectivity index (χ3n) is 6.25. The molecule has 1 aromatic heterocycles. The van der Waals surface area contributed by atoms with E-state index in [4.69, 9.17) is 15.2 Å². The van der Waals surface area contributed by atoms with Crippen LogP contribution in [0.2, 0.25) is 0 Å². The van der Waals surface area contributed by atoms with Crippen molar-refractivity contribution in [3.63, 3.8) is 0 Å². The number of carbonyl (C=O) groups excluding carboxylic acids is 1. The van der Waals surface area contributed by atoms with Crippen LogP contribution in [-0.4, -0.2) is 75.7 Å². The van der Waals surface area contributed by atoms with Crippen LogP contribution in [0.5, 0.6) is 0 Å². The number of morpholine rings is 1. The fourth-order valence-corrected chi connectivity index (χ4v) is 4.87. The molecule has 40 heavy (non-hydrogen) atoms. The van der Waals surface area contributed by atoms with Crippen molar-refractivity contribution in [1.29, 1.82) is 0 Å². The van der Waals surface area contributed by atoms with Gasteiger partial charge in [-0.2, -0.15) is 4.99 Å². The fraction of sp³-hybridized carbons (Fsp3) is 0.222. The second-order valence-corrected chi connectivity index (χ2v) is 11.1. The number of nitrogens with one attached hydrogen (secondary N) is 1. The monoisotopic (exact) mass is 560 g/mol. The number of carbonyl (C=O) groups is 1. The number of hydrogen-bond acceptors (Lipinski definition) is 9. The van der Waals surface area contributed by atoms with E-state index in [9.17, 15) is 18.6 Å². The summed E-state index contributed by atoms with van der Waals surface area (Å²) in [7, 11) is -3.57. The molecular formula is C27H26N7O5S-. The molecule has 0 bridgehead atoms. The number of nitrogens with two attached hydrogens (primary N) is 1. The summed E-state index contributed by atoms with van der Waals surface area (Å²) < 4.78 is 35.1. The Labute approximate surface area is 231 Å². The van der Waals surface area contributed by atoms with Gasteiger partial charge in [-0.05, 0) is 12.1 Å². The van der Waals surface area contributed by atoms with Crippen molar-refractivity contribution in [2.75, 3.05) is 42.8 Å². The Balaban J connectivity index is 1.46. The molecule has 12 nitrogen and oxygen atoms in total. The van der Waals surface area contributed by atoms with E-state index < -0.39 is 33.8 Å². The molecule has 1 saturated heterocycles. The van der Waals surface area contributed by atoms with Gasteiger partial charge in [-0.15, -0.1) is 0 Å². The maximum Gasteiger partial charge on any atom is 0.288 e. The first-order chi connectivity index (χ1) is 19.2. The average molecular weight is 561 g/mol. The molecule has 3 aromatic rings. The molecule has 1 fully saturated rings. The van der Waals surface area contributed by atoms with Gasteiger partial charge >= 0.3 is 0 Å². The van der Waals surface area contributed by atoms with Gasteiger partial charge < -0.3 is 30.8 Å². The minimum Gasteiger partial charge on any atom is -0.769 e. The fourth-order valence-electron chi connectivity index (χ4n) is 4.30. The minimum absolute atomic E-state index is 0.0235. The van der Waals surface area contributed by atoms with Crippen LogP contribution in [0.1, 0.15) is 16.8 Å². The highest BCUT2D eigenvalue weighted by Gasteiger charge is 2.26. The Bertz CT molecular complexity index is 1620. The summed E-state index contributed by atoms with van der Waals surface area (Å²) in [6.45, 7) is 1.71. The number of rotatable bonds is 5. The van der Waals surface area contributed by atoms with Crippen molar-refractivity contribution >= 4 is 44.8 Å². The van der Waals surface area contributed by atoms with E-state index in [1.165, 1.54) is 6.07 Å². The highest BCUT2D eigenvalue weighted by atomic mass is 32.2. The minimum atomic E-state index is -3.57. The molecule has 2 aromatic carbocycles. The van der Waals surface area contributed by atoms with Gasteiger partial charge in [-0.3, -0.25) is 9.78 Å². The number of ether oxygens (including phenoxy) is 2. The summed E-state index contributed by atoms with van der Waals surface area (Å²) in [5.41, 5.74) is 8.86. The lowest BCUT2D eigenvalue weighted by Crippen LogP contribution is -2.38. The zero-order valence-corrected chi connectivity index (χ0v) is 22.3. The van der Waals surface area contributed by atoms with Crippen molar-refractivity contribution in [2.24, 2.45) is 15.7 Å². The van der Waals surface area contributed by atoms with Crippen molar-refractivity contribution in [1.82, 2.24) is 4.98 Å². The number of nitrogens with zero attached hydrogens (tertiary/aromatic N) is 5. The molecule has 0 unspecified atom stereocenters. The second kappa shape index (κ2) is 11.2. The molecule has 5 rings (SSSR count). The number of hydrogen-bond donors (Lipinski definition) is 2. The van der Waals surface area contributed by atoms with Gasteiger partial charge in [0.15, 0.2) is 9.84 Å². The van der Waals surface area contributed by atoms with Gasteiger partial charge in [-0.25, -0.2) is 13.4 Å². The highest BCUT2D eigenvalue weighted by Crippen LogP contribution is 2.26. The van der Waals surface area contributed by atoms with Crippen molar-refractivity contribution < 1.29 is 22.7 Å². The summed E-state index contributed by atoms with van der Waals surface area (Å²) in [5, 5.41) is 13.7. The highest BCUT2D eigenvalue weighted by molar-refractivity contribution is 7.90.